The lowest BCUT2D eigenvalue weighted by atomic mass is 10.1. The first kappa shape index (κ1) is 19.0. The van der Waals surface area contributed by atoms with Crippen molar-refractivity contribution in [1.82, 2.24) is 9.38 Å². The van der Waals surface area contributed by atoms with Crippen LogP contribution in [0.1, 0.15) is 16.7 Å². The molecular formula is C24H20ClN3O. The van der Waals surface area contributed by atoms with Gasteiger partial charge in [0, 0.05) is 34.7 Å². The maximum absolute atomic E-state index is 12.4. The zero-order chi connectivity index (χ0) is 20.4. The normalized spacial score (nSPS) is 11.3. The van der Waals surface area contributed by atoms with Crippen LogP contribution in [-0.2, 0) is 4.79 Å². The lowest BCUT2D eigenvalue weighted by Crippen LogP contribution is -2.09. The second kappa shape index (κ2) is 7.94. The number of anilines is 1. The number of nitrogens with zero attached hydrogens (tertiary/aromatic N) is 2. The number of benzene rings is 2. The monoisotopic (exact) mass is 401 g/mol. The SMILES string of the molecule is Cc1ccn2cc(-c3ccc(C)c(NC(=O)/C=C/c4ccc(Cl)cc4)c3)nc2c1. The molecule has 4 aromatic rings. The van der Waals surface area contributed by atoms with Crippen molar-refractivity contribution in [2.75, 3.05) is 5.32 Å². The van der Waals surface area contributed by atoms with Gasteiger partial charge in [-0.15, -0.1) is 0 Å². The van der Waals surface area contributed by atoms with Crippen LogP contribution in [0.2, 0.25) is 5.02 Å². The molecular weight excluding hydrogens is 382 g/mol. The van der Waals surface area contributed by atoms with Crippen molar-refractivity contribution in [3.05, 3.63) is 94.8 Å². The second-order valence-electron chi connectivity index (χ2n) is 7.00. The lowest BCUT2D eigenvalue weighted by molar-refractivity contribution is -0.111. The highest BCUT2D eigenvalue weighted by molar-refractivity contribution is 6.30. The average molecular weight is 402 g/mol. The van der Waals surface area contributed by atoms with Crippen molar-refractivity contribution in [2.24, 2.45) is 0 Å². The number of fused-ring (bicyclic) bond motifs is 1. The molecule has 5 heteroatoms. The molecule has 2 heterocycles. The standard InChI is InChI=1S/C24H20ClN3O/c1-16-11-12-28-15-22(26-23(28)13-16)19-7-3-17(2)21(14-19)27-24(29)10-6-18-4-8-20(25)9-5-18/h3-15H,1-2H3,(H,27,29)/b10-6+. The molecule has 2 aromatic carbocycles. The molecule has 0 saturated carbocycles. The van der Waals surface area contributed by atoms with Crippen molar-refractivity contribution in [3.8, 4) is 11.3 Å². The van der Waals surface area contributed by atoms with Crippen molar-refractivity contribution < 1.29 is 4.79 Å². The van der Waals surface area contributed by atoms with Crippen LogP contribution in [0.3, 0.4) is 0 Å². The van der Waals surface area contributed by atoms with Crippen molar-refractivity contribution in [3.63, 3.8) is 0 Å². The van der Waals surface area contributed by atoms with Gasteiger partial charge < -0.3 is 9.72 Å². The molecule has 0 saturated heterocycles. The third-order valence-corrected chi connectivity index (χ3v) is 4.96. The maximum Gasteiger partial charge on any atom is 0.248 e. The van der Waals surface area contributed by atoms with Crippen LogP contribution < -0.4 is 5.32 Å². The molecule has 1 N–H and O–H groups in total. The fourth-order valence-electron chi connectivity index (χ4n) is 3.06. The highest BCUT2D eigenvalue weighted by atomic mass is 35.5. The minimum atomic E-state index is -0.189. The Bertz CT molecular complexity index is 1220. The van der Waals surface area contributed by atoms with Crippen molar-refractivity contribution in [2.45, 2.75) is 13.8 Å². The molecule has 0 aliphatic heterocycles. The Morgan fingerprint density at radius 1 is 1.07 bits per heavy atom. The quantitative estimate of drug-likeness (QED) is 0.431. The molecule has 0 atom stereocenters. The van der Waals surface area contributed by atoms with Gasteiger partial charge in [-0.3, -0.25) is 4.79 Å². The molecule has 4 rings (SSSR count). The molecule has 2 aromatic heterocycles. The summed E-state index contributed by atoms with van der Waals surface area (Å²) in [6, 6.07) is 17.4. The van der Waals surface area contributed by atoms with Gasteiger partial charge in [0.25, 0.3) is 0 Å². The number of imidazole rings is 1. The van der Waals surface area contributed by atoms with Gasteiger partial charge in [0.15, 0.2) is 0 Å². The van der Waals surface area contributed by atoms with Crippen LogP contribution >= 0.6 is 11.6 Å². The van der Waals surface area contributed by atoms with Gasteiger partial charge in [-0.1, -0.05) is 35.9 Å². The molecule has 0 radical (unpaired) electrons. The maximum atomic E-state index is 12.4. The Hall–Kier alpha value is -3.37. The predicted octanol–water partition coefficient (Wildman–Crippen LogP) is 5.92. The Morgan fingerprint density at radius 3 is 2.66 bits per heavy atom. The Labute approximate surface area is 174 Å². The van der Waals surface area contributed by atoms with Crippen molar-refractivity contribution >= 4 is 34.9 Å². The van der Waals surface area contributed by atoms with Crippen LogP contribution in [0.4, 0.5) is 5.69 Å². The Balaban J connectivity index is 1.56. The summed E-state index contributed by atoms with van der Waals surface area (Å²) in [5.41, 5.74) is 6.55. The molecule has 0 bridgehead atoms. The van der Waals surface area contributed by atoms with E-state index in [1.54, 1.807) is 18.2 Å². The average Bonchev–Trinajstić information content (AvgIpc) is 3.12. The molecule has 1 amide bonds. The number of aryl methyl sites for hydroxylation is 2. The minimum Gasteiger partial charge on any atom is -0.322 e. The topological polar surface area (TPSA) is 46.4 Å². The van der Waals surface area contributed by atoms with Crippen LogP contribution in [0.15, 0.2) is 73.1 Å². The van der Waals surface area contributed by atoms with E-state index in [-0.39, 0.29) is 5.91 Å². The van der Waals surface area contributed by atoms with Gasteiger partial charge in [0.1, 0.15) is 5.65 Å². The van der Waals surface area contributed by atoms with Crippen LogP contribution in [-0.4, -0.2) is 15.3 Å². The number of rotatable bonds is 4. The van der Waals surface area contributed by atoms with Gasteiger partial charge in [-0.25, -0.2) is 4.98 Å². The molecule has 0 spiro atoms. The van der Waals surface area contributed by atoms with E-state index >= 15 is 0 Å². The molecule has 144 valence electrons. The zero-order valence-corrected chi connectivity index (χ0v) is 16.9. The number of hydrogen-bond acceptors (Lipinski definition) is 2. The first-order valence-electron chi connectivity index (χ1n) is 9.29. The van der Waals surface area contributed by atoms with Gasteiger partial charge in [0.05, 0.1) is 5.69 Å². The summed E-state index contributed by atoms with van der Waals surface area (Å²) >= 11 is 5.89. The summed E-state index contributed by atoms with van der Waals surface area (Å²) < 4.78 is 2.00. The van der Waals surface area contributed by atoms with Crippen LogP contribution in [0, 0.1) is 13.8 Å². The predicted molar refractivity (Wildman–Crippen MR) is 119 cm³/mol. The molecule has 0 aliphatic rings. The Kier molecular flexibility index (Phi) is 5.19. The molecule has 0 fully saturated rings. The zero-order valence-electron chi connectivity index (χ0n) is 16.2. The fraction of sp³-hybridized carbons (Fsp3) is 0.0833. The summed E-state index contributed by atoms with van der Waals surface area (Å²) in [6.45, 7) is 4.01. The number of aromatic nitrogens is 2. The summed E-state index contributed by atoms with van der Waals surface area (Å²) in [5, 5.41) is 3.63. The van der Waals surface area contributed by atoms with Gasteiger partial charge in [0.2, 0.25) is 5.91 Å². The first-order valence-corrected chi connectivity index (χ1v) is 9.67. The van der Waals surface area contributed by atoms with E-state index in [0.717, 1.165) is 33.7 Å². The largest absolute Gasteiger partial charge is 0.322 e. The van der Waals surface area contributed by atoms with E-state index in [9.17, 15) is 4.79 Å². The number of hydrogen-bond donors (Lipinski definition) is 1. The third kappa shape index (κ3) is 4.39. The van der Waals surface area contributed by atoms with E-state index in [1.807, 2.05) is 73.1 Å². The smallest absolute Gasteiger partial charge is 0.248 e. The van der Waals surface area contributed by atoms with Crippen LogP contribution in [0.25, 0.3) is 23.0 Å². The van der Waals surface area contributed by atoms with E-state index in [4.69, 9.17) is 16.6 Å². The first-order chi connectivity index (χ1) is 14.0. The molecule has 0 unspecified atom stereocenters. The number of amides is 1. The van der Waals surface area contributed by atoms with Crippen LogP contribution in [0.5, 0.6) is 0 Å². The summed E-state index contributed by atoms with van der Waals surface area (Å²) in [5.74, 6) is -0.189. The highest BCUT2D eigenvalue weighted by Crippen LogP contribution is 2.25. The van der Waals surface area contributed by atoms with Gasteiger partial charge in [-0.2, -0.15) is 0 Å². The molecule has 4 nitrogen and oxygen atoms in total. The number of carbonyl (C=O) groups excluding carboxylic acids is 1. The number of nitrogens with one attached hydrogen (secondary N) is 1. The lowest BCUT2D eigenvalue weighted by Gasteiger charge is -2.08. The number of carbonyl (C=O) groups is 1. The summed E-state index contributed by atoms with van der Waals surface area (Å²) in [6.07, 6.45) is 7.27. The Morgan fingerprint density at radius 2 is 1.86 bits per heavy atom. The highest BCUT2D eigenvalue weighted by Gasteiger charge is 2.08. The van der Waals surface area contributed by atoms with E-state index in [1.165, 1.54) is 11.6 Å². The number of halogens is 1. The van der Waals surface area contributed by atoms with E-state index in [0.29, 0.717) is 5.02 Å². The van der Waals surface area contributed by atoms with Gasteiger partial charge >= 0.3 is 0 Å². The third-order valence-electron chi connectivity index (χ3n) is 4.70. The summed E-state index contributed by atoms with van der Waals surface area (Å²) in [4.78, 5) is 17.1. The number of pyridine rings is 1. The second-order valence-corrected chi connectivity index (χ2v) is 7.44. The van der Waals surface area contributed by atoms with E-state index in [2.05, 4.69) is 5.32 Å². The summed E-state index contributed by atoms with van der Waals surface area (Å²) in [7, 11) is 0. The molecule has 29 heavy (non-hydrogen) atoms. The van der Waals surface area contributed by atoms with Crippen molar-refractivity contribution in [1.29, 1.82) is 0 Å². The van der Waals surface area contributed by atoms with Gasteiger partial charge in [-0.05, 0) is 66.9 Å². The van der Waals surface area contributed by atoms with E-state index < -0.39 is 0 Å². The molecule has 0 aliphatic carbocycles. The minimum absolute atomic E-state index is 0.189. The fourth-order valence-corrected chi connectivity index (χ4v) is 3.18.